The highest BCUT2D eigenvalue weighted by Crippen LogP contribution is 2.24. The number of nitrogens with one attached hydrogen (secondary N) is 1. The number of methoxy groups -OCH3 is 2. The summed E-state index contributed by atoms with van der Waals surface area (Å²) in [7, 11) is -0.722. The molecule has 0 atom stereocenters. The Kier molecular flexibility index (Phi) is 5.24. The van der Waals surface area contributed by atoms with E-state index in [1.165, 1.54) is 18.6 Å². The van der Waals surface area contributed by atoms with Gasteiger partial charge in [-0.05, 0) is 24.3 Å². The maximum absolute atomic E-state index is 12.1. The Labute approximate surface area is 138 Å². The second kappa shape index (κ2) is 6.99. The summed E-state index contributed by atoms with van der Waals surface area (Å²) in [4.78, 5) is 12.1. The maximum atomic E-state index is 12.1. The minimum absolute atomic E-state index is 0.0541. The minimum atomic E-state index is -3.80. The maximum Gasteiger partial charge on any atom is 0.252 e. The van der Waals surface area contributed by atoms with Gasteiger partial charge < -0.3 is 14.8 Å². The number of rotatable bonds is 6. The monoisotopic (exact) mass is 356 g/mol. The van der Waals surface area contributed by atoms with E-state index in [2.05, 4.69) is 5.32 Å². The van der Waals surface area contributed by atoms with Crippen molar-refractivity contribution in [3.63, 3.8) is 0 Å². The van der Waals surface area contributed by atoms with E-state index in [0.717, 1.165) is 16.9 Å². The van der Waals surface area contributed by atoms with Crippen LogP contribution in [0.5, 0.6) is 11.5 Å². The normalized spacial score (nSPS) is 11.1. The summed E-state index contributed by atoms with van der Waals surface area (Å²) >= 11 is 0.902. The van der Waals surface area contributed by atoms with Crippen LogP contribution in [0.4, 0.5) is 0 Å². The van der Waals surface area contributed by atoms with Crippen LogP contribution in [-0.2, 0) is 16.6 Å². The van der Waals surface area contributed by atoms with E-state index in [-0.39, 0.29) is 16.3 Å². The summed E-state index contributed by atoms with van der Waals surface area (Å²) in [6.07, 6.45) is 0. The zero-order valence-corrected chi connectivity index (χ0v) is 14.2. The zero-order chi connectivity index (χ0) is 17.0. The SMILES string of the molecule is COc1ccc(OC)c(CNC(=O)c2csc(S(N)(=O)=O)c2)c1. The van der Waals surface area contributed by atoms with Crippen LogP contribution in [0.2, 0.25) is 0 Å². The van der Waals surface area contributed by atoms with Gasteiger partial charge in [-0.25, -0.2) is 13.6 Å². The van der Waals surface area contributed by atoms with E-state index in [1.54, 1.807) is 25.3 Å². The Hall–Kier alpha value is -2.10. The molecule has 1 amide bonds. The van der Waals surface area contributed by atoms with Crippen molar-refractivity contribution in [1.29, 1.82) is 0 Å². The highest BCUT2D eigenvalue weighted by Gasteiger charge is 2.15. The standard InChI is InChI=1S/C14H16N2O5S2/c1-20-11-3-4-12(21-2)9(5-11)7-16-14(17)10-6-13(22-8-10)23(15,18)19/h3-6,8H,7H2,1-2H3,(H,16,17)(H2,15,18,19). The number of amides is 1. The first-order valence-corrected chi connectivity index (χ1v) is 8.88. The van der Waals surface area contributed by atoms with Gasteiger partial charge in [0.15, 0.2) is 0 Å². The third-order valence-corrected chi connectivity index (χ3v) is 5.43. The molecule has 7 nitrogen and oxygen atoms in total. The molecule has 0 aliphatic rings. The summed E-state index contributed by atoms with van der Waals surface area (Å²) in [5, 5.41) is 9.17. The van der Waals surface area contributed by atoms with Crippen LogP contribution in [0, 0.1) is 0 Å². The topological polar surface area (TPSA) is 108 Å². The van der Waals surface area contributed by atoms with Crippen molar-refractivity contribution in [3.05, 3.63) is 40.8 Å². The smallest absolute Gasteiger partial charge is 0.252 e. The van der Waals surface area contributed by atoms with Crippen LogP contribution < -0.4 is 19.9 Å². The molecule has 9 heteroatoms. The van der Waals surface area contributed by atoms with Crippen molar-refractivity contribution in [1.82, 2.24) is 5.32 Å². The van der Waals surface area contributed by atoms with Gasteiger partial charge in [0.05, 0.1) is 19.8 Å². The first-order chi connectivity index (χ1) is 10.8. The van der Waals surface area contributed by atoms with Crippen molar-refractivity contribution in [2.24, 2.45) is 5.14 Å². The molecule has 0 fully saturated rings. The Balaban J connectivity index is 2.11. The highest BCUT2D eigenvalue weighted by atomic mass is 32.2. The number of ether oxygens (including phenoxy) is 2. The minimum Gasteiger partial charge on any atom is -0.497 e. The van der Waals surface area contributed by atoms with Crippen molar-refractivity contribution in [2.45, 2.75) is 10.8 Å². The molecule has 23 heavy (non-hydrogen) atoms. The van der Waals surface area contributed by atoms with E-state index >= 15 is 0 Å². The molecule has 0 bridgehead atoms. The number of sulfonamides is 1. The average molecular weight is 356 g/mol. The molecule has 0 radical (unpaired) electrons. The average Bonchev–Trinajstić information content (AvgIpc) is 3.02. The van der Waals surface area contributed by atoms with Crippen LogP contribution >= 0.6 is 11.3 Å². The van der Waals surface area contributed by atoms with Crippen LogP contribution in [0.1, 0.15) is 15.9 Å². The summed E-state index contributed by atoms with van der Waals surface area (Å²) in [5.74, 6) is 0.852. The fourth-order valence-corrected chi connectivity index (χ4v) is 3.47. The summed E-state index contributed by atoms with van der Waals surface area (Å²) in [5.41, 5.74) is 0.975. The van der Waals surface area contributed by atoms with Crippen LogP contribution in [0.15, 0.2) is 33.9 Å². The van der Waals surface area contributed by atoms with Gasteiger partial charge in [-0.2, -0.15) is 0 Å². The summed E-state index contributed by atoms with van der Waals surface area (Å²) in [6, 6.07) is 6.49. The van der Waals surface area contributed by atoms with Gasteiger partial charge in [-0.3, -0.25) is 4.79 Å². The molecule has 2 rings (SSSR count). The molecule has 0 spiro atoms. The van der Waals surface area contributed by atoms with E-state index < -0.39 is 15.9 Å². The number of carbonyl (C=O) groups is 1. The largest absolute Gasteiger partial charge is 0.497 e. The Morgan fingerprint density at radius 1 is 1.26 bits per heavy atom. The molecule has 1 aromatic carbocycles. The van der Waals surface area contributed by atoms with E-state index in [4.69, 9.17) is 14.6 Å². The molecule has 0 unspecified atom stereocenters. The molecule has 0 saturated heterocycles. The molecular formula is C14H16N2O5S2. The van der Waals surface area contributed by atoms with Gasteiger partial charge in [0.2, 0.25) is 10.0 Å². The summed E-state index contributed by atoms with van der Waals surface area (Å²) < 4.78 is 32.8. The zero-order valence-electron chi connectivity index (χ0n) is 12.5. The second-order valence-corrected chi connectivity index (χ2v) is 7.26. The first kappa shape index (κ1) is 17.3. The van der Waals surface area contributed by atoms with Crippen molar-refractivity contribution < 1.29 is 22.7 Å². The Bertz CT molecular complexity index is 814. The lowest BCUT2D eigenvalue weighted by Crippen LogP contribution is -2.22. The molecular weight excluding hydrogens is 340 g/mol. The molecule has 1 heterocycles. The quantitative estimate of drug-likeness (QED) is 0.812. The Morgan fingerprint density at radius 3 is 2.57 bits per heavy atom. The number of benzene rings is 1. The van der Waals surface area contributed by atoms with Crippen molar-refractivity contribution >= 4 is 27.3 Å². The number of hydrogen-bond acceptors (Lipinski definition) is 6. The van der Waals surface area contributed by atoms with E-state index in [0.29, 0.717) is 11.5 Å². The van der Waals surface area contributed by atoms with Crippen LogP contribution in [0.25, 0.3) is 0 Å². The molecule has 1 aromatic heterocycles. The Morgan fingerprint density at radius 2 is 2.00 bits per heavy atom. The molecule has 124 valence electrons. The molecule has 2 aromatic rings. The third-order valence-electron chi connectivity index (χ3n) is 3.04. The molecule has 0 aliphatic heterocycles. The predicted octanol–water partition coefficient (Wildman–Crippen LogP) is 1.34. The number of hydrogen-bond donors (Lipinski definition) is 2. The van der Waals surface area contributed by atoms with Gasteiger partial charge in [-0.15, -0.1) is 11.3 Å². The lowest BCUT2D eigenvalue weighted by Gasteiger charge is -2.11. The molecule has 3 N–H and O–H groups in total. The van der Waals surface area contributed by atoms with Crippen LogP contribution in [0.3, 0.4) is 0 Å². The van der Waals surface area contributed by atoms with Gasteiger partial charge in [0.25, 0.3) is 5.91 Å². The lowest BCUT2D eigenvalue weighted by atomic mass is 10.2. The van der Waals surface area contributed by atoms with Crippen molar-refractivity contribution in [2.75, 3.05) is 14.2 Å². The number of nitrogens with two attached hydrogens (primary N) is 1. The molecule has 0 aliphatic carbocycles. The third kappa shape index (κ3) is 4.21. The lowest BCUT2D eigenvalue weighted by molar-refractivity contribution is 0.0951. The van der Waals surface area contributed by atoms with E-state index in [1.807, 2.05) is 0 Å². The number of thiophene rings is 1. The predicted molar refractivity (Wildman–Crippen MR) is 86.4 cm³/mol. The first-order valence-electron chi connectivity index (χ1n) is 6.45. The molecule has 0 saturated carbocycles. The van der Waals surface area contributed by atoms with Gasteiger partial charge in [0, 0.05) is 17.5 Å². The van der Waals surface area contributed by atoms with Gasteiger partial charge in [0.1, 0.15) is 15.7 Å². The van der Waals surface area contributed by atoms with Crippen LogP contribution in [-0.4, -0.2) is 28.5 Å². The van der Waals surface area contributed by atoms with E-state index in [9.17, 15) is 13.2 Å². The fraction of sp³-hybridized carbons (Fsp3) is 0.214. The van der Waals surface area contributed by atoms with Gasteiger partial charge >= 0.3 is 0 Å². The second-order valence-electron chi connectivity index (χ2n) is 4.56. The highest BCUT2D eigenvalue weighted by molar-refractivity contribution is 7.91. The summed E-state index contributed by atoms with van der Waals surface area (Å²) in [6.45, 7) is 0.208. The number of primary sulfonamides is 1. The van der Waals surface area contributed by atoms with Crippen molar-refractivity contribution in [3.8, 4) is 11.5 Å². The number of carbonyl (C=O) groups excluding carboxylic acids is 1. The van der Waals surface area contributed by atoms with Gasteiger partial charge in [-0.1, -0.05) is 0 Å². The fourth-order valence-electron chi connectivity index (χ4n) is 1.88.